The van der Waals surface area contributed by atoms with Crippen LogP contribution in [0.2, 0.25) is 0 Å². The first kappa shape index (κ1) is 16.4. The highest BCUT2D eigenvalue weighted by Gasteiger charge is 2.27. The topological polar surface area (TPSA) is 21.3 Å². The number of hydrogen-bond acceptors (Lipinski definition) is 2. The van der Waals surface area contributed by atoms with Crippen molar-refractivity contribution in [2.75, 3.05) is 13.2 Å². The molecule has 2 nitrogen and oxygen atoms in total. The molecule has 1 fully saturated rings. The average Bonchev–Trinajstić information content (AvgIpc) is 2.53. The zero-order chi connectivity index (χ0) is 15.1. The summed E-state index contributed by atoms with van der Waals surface area (Å²) in [6.45, 7) is 8.34. The van der Waals surface area contributed by atoms with Gasteiger partial charge >= 0.3 is 0 Å². The Morgan fingerprint density at radius 3 is 2.52 bits per heavy atom. The Kier molecular flexibility index (Phi) is 6.56. The van der Waals surface area contributed by atoms with Crippen molar-refractivity contribution in [2.24, 2.45) is 11.8 Å². The van der Waals surface area contributed by atoms with E-state index in [9.17, 15) is 0 Å². The number of rotatable bonds is 7. The molecule has 0 amide bonds. The molecule has 118 valence electrons. The highest BCUT2D eigenvalue weighted by molar-refractivity contribution is 5.31. The Balaban J connectivity index is 2.09. The summed E-state index contributed by atoms with van der Waals surface area (Å²) in [5, 5.41) is 3.72. The van der Waals surface area contributed by atoms with Crippen LogP contribution >= 0.6 is 0 Å². The number of hydrogen-bond donors (Lipinski definition) is 1. The van der Waals surface area contributed by atoms with Gasteiger partial charge in [0.25, 0.3) is 0 Å². The van der Waals surface area contributed by atoms with Crippen molar-refractivity contribution in [1.82, 2.24) is 5.32 Å². The molecular weight excluding hydrogens is 258 g/mol. The molecule has 2 rings (SSSR count). The van der Waals surface area contributed by atoms with Crippen LogP contribution in [0.3, 0.4) is 0 Å². The SMILES string of the molecule is CCNC(c1cccc(OCC)c1)C1CCC(CC)CC1. The lowest BCUT2D eigenvalue weighted by Gasteiger charge is -2.34. The minimum atomic E-state index is 0.480. The van der Waals surface area contributed by atoms with Crippen LogP contribution in [0.4, 0.5) is 0 Å². The Morgan fingerprint density at radius 2 is 1.90 bits per heavy atom. The van der Waals surface area contributed by atoms with Crippen LogP contribution in [0.1, 0.15) is 64.5 Å². The molecule has 1 aliphatic carbocycles. The van der Waals surface area contributed by atoms with Crippen LogP contribution in [-0.2, 0) is 0 Å². The Hall–Kier alpha value is -1.02. The molecule has 1 aromatic carbocycles. The summed E-state index contributed by atoms with van der Waals surface area (Å²) >= 11 is 0. The van der Waals surface area contributed by atoms with E-state index < -0.39 is 0 Å². The molecule has 0 bridgehead atoms. The molecule has 1 atom stereocenters. The van der Waals surface area contributed by atoms with Gasteiger partial charge < -0.3 is 10.1 Å². The van der Waals surface area contributed by atoms with E-state index >= 15 is 0 Å². The highest BCUT2D eigenvalue weighted by Crippen LogP contribution is 2.38. The van der Waals surface area contributed by atoms with Gasteiger partial charge in [0.15, 0.2) is 0 Å². The molecule has 1 unspecified atom stereocenters. The van der Waals surface area contributed by atoms with E-state index in [2.05, 4.69) is 43.4 Å². The first-order valence-electron chi connectivity index (χ1n) is 8.74. The lowest BCUT2D eigenvalue weighted by Crippen LogP contribution is -2.31. The summed E-state index contributed by atoms with van der Waals surface area (Å²) in [6, 6.07) is 9.14. The second-order valence-electron chi connectivity index (χ2n) is 6.23. The Bertz CT molecular complexity index is 410. The zero-order valence-corrected chi connectivity index (χ0v) is 13.9. The third kappa shape index (κ3) is 4.47. The van der Waals surface area contributed by atoms with Crippen LogP contribution in [0.25, 0.3) is 0 Å². The van der Waals surface area contributed by atoms with Crippen molar-refractivity contribution >= 4 is 0 Å². The smallest absolute Gasteiger partial charge is 0.119 e. The van der Waals surface area contributed by atoms with Gasteiger partial charge in [0.2, 0.25) is 0 Å². The Morgan fingerprint density at radius 1 is 1.14 bits per heavy atom. The van der Waals surface area contributed by atoms with Crippen molar-refractivity contribution < 1.29 is 4.74 Å². The molecule has 21 heavy (non-hydrogen) atoms. The number of benzene rings is 1. The lowest BCUT2D eigenvalue weighted by atomic mass is 9.76. The number of nitrogens with one attached hydrogen (secondary N) is 1. The standard InChI is InChI=1S/C19H31NO/c1-4-15-10-12-16(13-11-15)19(20-5-2)17-8-7-9-18(14-17)21-6-3/h7-9,14-16,19-20H,4-6,10-13H2,1-3H3. The molecule has 2 heteroatoms. The maximum atomic E-state index is 5.67. The summed E-state index contributed by atoms with van der Waals surface area (Å²) in [4.78, 5) is 0. The molecule has 0 saturated heterocycles. The molecule has 0 aromatic heterocycles. The van der Waals surface area contributed by atoms with Crippen molar-refractivity contribution in [3.8, 4) is 5.75 Å². The fourth-order valence-corrected chi connectivity index (χ4v) is 3.67. The molecule has 0 radical (unpaired) electrons. The van der Waals surface area contributed by atoms with Crippen molar-refractivity contribution in [3.63, 3.8) is 0 Å². The predicted molar refractivity (Wildman–Crippen MR) is 89.8 cm³/mol. The number of ether oxygens (including phenoxy) is 1. The average molecular weight is 289 g/mol. The van der Waals surface area contributed by atoms with Crippen LogP contribution in [0.15, 0.2) is 24.3 Å². The van der Waals surface area contributed by atoms with Gasteiger partial charge in [-0.05, 0) is 55.8 Å². The molecule has 1 saturated carbocycles. The largest absolute Gasteiger partial charge is 0.494 e. The van der Waals surface area contributed by atoms with Crippen LogP contribution in [0.5, 0.6) is 5.75 Å². The normalized spacial score (nSPS) is 23.8. The molecule has 0 spiro atoms. The maximum absolute atomic E-state index is 5.67. The third-order valence-corrected chi connectivity index (χ3v) is 4.89. The van der Waals surface area contributed by atoms with Gasteiger partial charge in [0.05, 0.1) is 6.61 Å². The van der Waals surface area contributed by atoms with E-state index in [4.69, 9.17) is 4.74 Å². The first-order chi connectivity index (χ1) is 10.3. The predicted octanol–water partition coefficient (Wildman–Crippen LogP) is 4.95. The lowest BCUT2D eigenvalue weighted by molar-refractivity contribution is 0.219. The molecule has 1 N–H and O–H groups in total. The van der Waals surface area contributed by atoms with Gasteiger partial charge in [-0.1, -0.05) is 45.2 Å². The van der Waals surface area contributed by atoms with Crippen LogP contribution in [-0.4, -0.2) is 13.2 Å². The van der Waals surface area contributed by atoms with E-state index in [1.54, 1.807) is 0 Å². The fraction of sp³-hybridized carbons (Fsp3) is 0.684. The quantitative estimate of drug-likeness (QED) is 0.766. The van der Waals surface area contributed by atoms with Gasteiger partial charge in [-0.3, -0.25) is 0 Å². The van der Waals surface area contributed by atoms with Gasteiger partial charge in [-0.25, -0.2) is 0 Å². The summed E-state index contributed by atoms with van der Waals surface area (Å²) in [6.07, 6.45) is 6.85. The van der Waals surface area contributed by atoms with E-state index in [-0.39, 0.29) is 0 Å². The minimum Gasteiger partial charge on any atom is -0.494 e. The summed E-state index contributed by atoms with van der Waals surface area (Å²) < 4.78 is 5.67. The van der Waals surface area contributed by atoms with Crippen LogP contribution in [0, 0.1) is 11.8 Å². The molecule has 0 aliphatic heterocycles. The zero-order valence-electron chi connectivity index (χ0n) is 13.9. The molecule has 1 aliphatic rings. The van der Waals surface area contributed by atoms with Crippen molar-refractivity contribution in [3.05, 3.63) is 29.8 Å². The Labute approximate surface area is 130 Å². The van der Waals surface area contributed by atoms with Gasteiger partial charge in [0, 0.05) is 6.04 Å². The maximum Gasteiger partial charge on any atom is 0.119 e. The monoisotopic (exact) mass is 289 g/mol. The van der Waals surface area contributed by atoms with E-state index in [0.29, 0.717) is 6.04 Å². The van der Waals surface area contributed by atoms with E-state index in [0.717, 1.165) is 30.7 Å². The molecule has 1 aromatic rings. The molecular formula is C19H31NO. The summed E-state index contributed by atoms with van der Waals surface area (Å²) in [5.74, 6) is 2.73. The minimum absolute atomic E-state index is 0.480. The van der Waals surface area contributed by atoms with Gasteiger partial charge in [-0.2, -0.15) is 0 Å². The summed E-state index contributed by atoms with van der Waals surface area (Å²) in [5.41, 5.74) is 1.39. The second-order valence-corrected chi connectivity index (χ2v) is 6.23. The first-order valence-corrected chi connectivity index (χ1v) is 8.74. The van der Waals surface area contributed by atoms with Gasteiger partial charge in [0.1, 0.15) is 5.75 Å². The fourth-order valence-electron chi connectivity index (χ4n) is 3.67. The summed E-state index contributed by atoms with van der Waals surface area (Å²) in [7, 11) is 0. The van der Waals surface area contributed by atoms with E-state index in [1.807, 2.05) is 6.92 Å². The third-order valence-electron chi connectivity index (χ3n) is 4.89. The van der Waals surface area contributed by atoms with Gasteiger partial charge in [-0.15, -0.1) is 0 Å². The highest BCUT2D eigenvalue weighted by atomic mass is 16.5. The van der Waals surface area contributed by atoms with Crippen LogP contribution < -0.4 is 10.1 Å². The molecule has 0 heterocycles. The van der Waals surface area contributed by atoms with Crippen molar-refractivity contribution in [2.45, 2.75) is 58.9 Å². The van der Waals surface area contributed by atoms with Crippen molar-refractivity contribution in [1.29, 1.82) is 0 Å². The van der Waals surface area contributed by atoms with E-state index in [1.165, 1.54) is 37.7 Å². The second kappa shape index (κ2) is 8.43.